The summed E-state index contributed by atoms with van der Waals surface area (Å²) in [6.07, 6.45) is -1.93. The fourth-order valence-corrected chi connectivity index (χ4v) is 3.01. The largest absolute Gasteiger partial charge is 0.416 e. The first-order valence-corrected chi connectivity index (χ1v) is 8.51. The summed E-state index contributed by atoms with van der Waals surface area (Å²) < 4.78 is 39.2. The molecule has 3 rings (SSSR count). The molecule has 0 unspecified atom stereocenters. The number of nitrogens with one attached hydrogen (secondary N) is 1. The predicted molar refractivity (Wildman–Crippen MR) is 91.7 cm³/mol. The van der Waals surface area contributed by atoms with Gasteiger partial charge < -0.3 is 10.2 Å². The summed E-state index contributed by atoms with van der Waals surface area (Å²) in [7, 11) is 0. The molecule has 8 heteroatoms. The lowest BCUT2D eigenvalue weighted by atomic mass is 10.0. The van der Waals surface area contributed by atoms with Crippen molar-refractivity contribution in [2.24, 2.45) is 0 Å². The van der Waals surface area contributed by atoms with Crippen LogP contribution in [0.2, 0.25) is 0 Å². The highest BCUT2D eigenvalue weighted by Crippen LogP contribution is 2.31. The lowest BCUT2D eigenvalue weighted by molar-refractivity contribution is -0.137. The van der Waals surface area contributed by atoms with Crippen molar-refractivity contribution in [1.82, 2.24) is 15.2 Å². The number of nitrogens with zero attached hydrogens (tertiary/aromatic N) is 2. The Morgan fingerprint density at radius 1 is 1.22 bits per heavy atom. The van der Waals surface area contributed by atoms with Crippen molar-refractivity contribution in [3.63, 3.8) is 0 Å². The number of alkyl halides is 3. The smallest absolute Gasteiger partial charge is 0.342 e. The number of rotatable bonds is 5. The van der Waals surface area contributed by atoms with E-state index >= 15 is 0 Å². The van der Waals surface area contributed by atoms with Crippen LogP contribution in [0, 0.1) is 0 Å². The van der Waals surface area contributed by atoms with E-state index in [-0.39, 0.29) is 23.7 Å². The van der Waals surface area contributed by atoms with Gasteiger partial charge in [0.05, 0.1) is 11.6 Å². The van der Waals surface area contributed by atoms with Crippen LogP contribution < -0.4 is 5.32 Å². The van der Waals surface area contributed by atoms with Crippen LogP contribution in [0.3, 0.4) is 0 Å². The molecule has 0 spiro atoms. The topological polar surface area (TPSA) is 62.3 Å². The van der Waals surface area contributed by atoms with E-state index in [1.165, 1.54) is 24.4 Å². The molecule has 142 valence electrons. The van der Waals surface area contributed by atoms with Crippen LogP contribution >= 0.6 is 0 Å². The lowest BCUT2D eigenvalue weighted by Gasteiger charge is -2.25. The summed E-state index contributed by atoms with van der Waals surface area (Å²) in [5.41, 5.74) is -0.360. The number of aromatic nitrogens is 1. The number of carbonyl (C=O) groups excluding carboxylic acids is 2. The SMILES string of the molecule is O=C(N[C@@H](CN1CCCC1=O)c1cccc(C(F)(F)F)c1)c1ccccn1. The minimum atomic E-state index is -4.49. The Labute approximate surface area is 154 Å². The Kier molecular flexibility index (Phi) is 5.43. The molecule has 1 aromatic heterocycles. The molecule has 1 saturated heterocycles. The van der Waals surface area contributed by atoms with Crippen molar-refractivity contribution in [3.8, 4) is 0 Å². The number of hydrogen-bond acceptors (Lipinski definition) is 3. The first kappa shape index (κ1) is 18.9. The zero-order chi connectivity index (χ0) is 19.4. The third-order valence-corrected chi connectivity index (χ3v) is 4.39. The third kappa shape index (κ3) is 4.64. The van der Waals surface area contributed by atoms with Gasteiger partial charge in [0.15, 0.2) is 0 Å². The second-order valence-corrected chi connectivity index (χ2v) is 6.31. The molecule has 27 heavy (non-hydrogen) atoms. The fourth-order valence-electron chi connectivity index (χ4n) is 3.01. The molecule has 1 aliphatic rings. The minimum absolute atomic E-state index is 0.0703. The Balaban J connectivity index is 1.87. The highest BCUT2D eigenvalue weighted by atomic mass is 19.4. The molecule has 2 amide bonds. The number of pyridine rings is 1. The van der Waals surface area contributed by atoms with Crippen molar-refractivity contribution in [3.05, 3.63) is 65.5 Å². The van der Waals surface area contributed by atoms with Gasteiger partial charge in [-0.15, -0.1) is 0 Å². The van der Waals surface area contributed by atoms with Gasteiger partial charge in [0, 0.05) is 25.7 Å². The zero-order valence-corrected chi connectivity index (χ0v) is 14.4. The van der Waals surface area contributed by atoms with Gasteiger partial charge in [-0.3, -0.25) is 14.6 Å². The summed E-state index contributed by atoms with van der Waals surface area (Å²) in [5.74, 6) is -0.580. The molecule has 5 nitrogen and oxygen atoms in total. The molecule has 1 fully saturated rings. The second-order valence-electron chi connectivity index (χ2n) is 6.31. The molecule has 0 radical (unpaired) electrons. The average molecular weight is 377 g/mol. The van der Waals surface area contributed by atoms with E-state index in [4.69, 9.17) is 0 Å². The van der Waals surface area contributed by atoms with Crippen molar-refractivity contribution in [2.75, 3.05) is 13.1 Å². The molecule has 1 atom stereocenters. The fraction of sp³-hybridized carbons (Fsp3) is 0.316. The minimum Gasteiger partial charge on any atom is -0.342 e. The molecule has 0 bridgehead atoms. The molecule has 1 aliphatic heterocycles. The monoisotopic (exact) mass is 377 g/mol. The molecular formula is C19H18F3N3O2. The van der Waals surface area contributed by atoms with Crippen LogP contribution in [0.5, 0.6) is 0 Å². The van der Waals surface area contributed by atoms with Crippen LogP contribution in [0.25, 0.3) is 0 Å². The molecule has 0 saturated carbocycles. The van der Waals surface area contributed by atoms with Crippen LogP contribution in [-0.2, 0) is 11.0 Å². The molecule has 1 aromatic carbocycles. The maximum Gasteiger partial charge on any atom is 0.416 e. The van der Waals surface area contributed by atoms with E-state index in [0.29, 0.717) is 19.4 Å². The molecule has 0 aliphatic carbocycles. The number of likely N-dealkylation sites (tertiary alicyclic amines) is 1. The van der Waals surface area contributed by atoms with Gasteiger partial charge >= 0.3 is 6.18 Å². The van der Waals surface area contributed by atoms with Gasteiger partial charge in [0.25, 0.3) is 5.91 Å². The van der Waals surface area contributed by atoms with Crippen molar-refractivity contribution >= 4 is 11.8 Å². The van der Waals surface area contributed by atoms with Crippen LogP contribution in [0.15, 0.2) is 48.7 Å². The predicted octanol–water partition coefficient (Wildman–Crippen LogP) is 3.19. The van der Waals surface area contributed by atoms with E-state index in [1.54, 1.807) is 17.0 Å². The van der Waals surface area contributed by atoms with Crippen molar-refractivity contribution in [1.29, 1.82) is 0 Å². The molecule has 1 N–H and O–H groups in total. The number of carbonyl (C=O) groups is 2. The van der Waals surface area contributed by atoms with Crippen LogP contribution in [-0.4, -0.2) is 34.8 Å². The molecular weight excluding hydrogens is 359 g/mol. The van der Waals surface area contributed by atoms with E-state index in [0.717, 1.165) is 12.1 Å². The van der Waals surface area contributed by atoms with Crippen molar-refractivity contribution in [2.45, 2.75) is 25.1 Å². The zero-order valence-electron chi connectivity index (χ0n) is 14.4. The van der Waals surface area contributed by atoms with E-state index < -0.39 is 23.7 Å². The highest BCUT2D eigenvalue weighted by molar-refractivity contribution is 5.92. The van der Waals surface area contributed by atoms with Crippen LogP contribution in [0.4, 0.5) is 13.2 Å². The maximum absolute atomic E-state index is 13.1. The Bertz CT molecular complexity index is 824. The number of halogens is 3. The first-order valence-electron chi connectivity index (χ1n) is 8.51. The average Bonchev–Trinajstić information content (AvgIpc) is 3.06. The normalized spacial score (nSPS) is 15.7. The Morgan fingerprint density at radius 2 is 2.04 bits per heavy atom. The summed E-state index contributed by atoms with van der Waals surface area (Å²) in [6, 6.07) is 8.83. The van der Waals surface area contributed by atoms with Gasteiger partial charge in [0.1, 0.15) is 5.69 Å². The summed E-state index contributed by atoms with van der Waals surface area (Å²) >= 11 is 0. The van der Waals surface area contributed by atoms with E-state index in [2.05, 4.69) is 10.3 Å². The lowest BCUT2D eigenvalue weighted by Crippen LogP contribution is -2.39. The van der Waals surface area contributed by atoms with Gasteiger partial charge in [-0.05, 0) is 36.2 Å². The maximum atomic E-state index is 13.1. The van der Waals surface area contributed by atoms with E-state index in [9.17, 15) is 22.8 Å². The number of amides is 2. The number of benzene rings is 1. The standard InChI is InChI=1S/C19H18F3N3O2/c20-19(21,22)14-6-3-5-13(11-14)16(12-25-10-4-8-17(25)26)24-18(27)15-7-1-2-9-23-15/h1-3,5-7,9,11,16H,4,8,10,12H2,(H,24,27)/t16-/m0/s1. The van der Waals surface area contributed by atoms with Crippen molar-refractivity contribution < 1.29 is 22.8 Å². The third-order valence-electron chi connectivity index (χ3n) is 4.39. The van der Waals surface area contributed by atoms with Gasteiger partial charge in [-0.1, -0.05) is 18.2 Å². The summed E-state index contributed by atoms with van der Waals surface area (Å²) in [5, 5.41) is 2.71. The molecule has 2 aromatic rings. The Morgan fingerprint density at radius 3 is 2.67 bits per heavy atom. The van der Waals surface area contributed by atoms with Gasteiger partial charge in [-0.2, -0.15) is 13.2 Å². The second kappa shape index (κ2) is 7.77. The number of hydrogen-bond donors (Lipinski definition) is 1. The Hall–Kier alpha value is -2.90. The summed E-state index contributed by atoms with van der Waals surface area (Å²) in [6.45, 7) is 0.631. The summed E-state index contributed by atoms with van der Waals surface area (Å²) in [4.78, 5) is 29.9. The molecule has 2 heterocycles. The highest BCUT2D eigenvalue weighted by Gasteiger charge is 2.32. The van der Waals surface area contributed by atoms with Crippen LogP contribution in [0.1, 0.15) is 40.5 Å². The first-order chi connectivity index (χ1) is 12.8. The quantitative estimate of drug-likeness (QED) is 0.871. The van der Waals surface area contributed by atoms with Gasteiger partial charge in [0.2, 0.25) is 5.91 Å². The van der Waals surface area contributed by atoms with Gasteiger partial charge in [-0.25, -0.2) is 0 Å². The van der Waals surface area contributed by atoms with E-state index in [1.807, 2.05) is 0 Å².